The standard InChI is InChI=1S/C20H25BrO4/c1-6-15-11-16(21)19(23)20(15,5)25-17-9-13(4)12(3)8-14(17)10-18(22)24-7-2/h8-9,11,23H,6-7,10H2,1-5H3. The topological polar surface area (TPSA) is 55.8 Å². The number of carbonyl (C=O) groups is 1. The van der Waals surface area contributed by atoms with Crippen LogP contribution in [0.25, 0.3) is 0 Å². The van der Waals surface area contributed by atoms with Crippen LogP contribution in [0.15, 0.2) is 34.0 Å². The fourth-order valence-electron chi connectivity index (χ4n) is 2.96. The van der Waals surface area contributed by atoms with Gasteiger partial charge in [-0.15, -0.1) is 0 Å². The summed E-state index contributed by atoms with van der Waals surface area (Å²) in [5.74, 6) is 0.441. The van der Waals surface area contributed by atoms with E-state index in [-0.39, 0.29) is 18.1 Å². The molecule has 0 saturated heterocycles. The number of hydrogen-bond acceptors (Lipinski definition) is 4. The van der Waals surface area contributed by atoms with Crippen LogP contribution >= 0.6 is 15.9 Å². The van der Waals surface area contributed by atoms with Gasteiger partial charge in [-0.2, -0.15) is 0 Å². The molecule has 0 bridgehead atoms. The second-order valence-corrected chi connectivity index (χ2v) is 7.24. The molecule has 1 N–H and O–H groups in total. The summed E-state index contributed by atoms with van der Waals surface area (Å²) in [6, 6.07) is 3.87. The second-order valence-electron chi connectivity index (χ2n) is 6.38. The van der Waals surface area contributed by atoms with Gasteiger partial charge in [0.1, 0.15) is 5.75 Å². The van der Waals surface area contributed by atoms with Gasteiger partial charge in [-0.1, -0.05) is 13.0 Å². The van der Waals surface area contributed by atoms with Crippen LogP contribution in [0.2, 0.25) is 0 Å². The van der Waals surface area contributed by atoms with Crippen molar-refractivity contribution in [1.29, 1.82) is 0 Å². The van der Waals surface area contributed by atoms with Crippen LogP contribution in [-0.2, 0) is 16.0 Å². The normalized spacial score (nSPS) is 19.8. The molecule has 1 atom stereocenters. The lowest BCUT2D eigenvalue weighted by Crippen LogP contribution is -2.35. The molecule has 0 heterocycles. The van der Waals surface area contributed by atoms with Crippen molar-refractivity contribution in [2.75, 3.05) is 6.61 Å². The van der Waals surface area contributed by atoms with Crippen molar-refractivity contribution in [3.63, 3.8) is 0 Å². The molecule has 0 aliphatic heterocycles. The molecule has 25 heavy (non-hydrogen) atoms. The van der Waals surface area contributed by atoms with Crippen molar-refractivity contribution in [1.82, 2.24) is 0 Å². The van der Waals surface area contributed by atoms with Crippen LogP contribution in [0.1, 0.15) is 43.9 Å². The van der Waals surface area contributed by atoms with Gasteiger partial charge in [0.2, 0.25) is 0 Å². The molecule has 2 rings (SSSR count). The van der Waals surface area contributed by atoms with Crippen molar-refractivity contribution >= 4 is 21.9 Å². The maximum atomic E-state index is 12.0. The zero-order valence-corrected chi connectivity index (χ0v) is 17.0. The summed E-state index contributed by atoms with van der Waals surface area (Å²) < 4.78 is 12.0. The Balaban J connectivity index is 2.43. The predicted octanol–water partition coefficient (Wildman–Crippen LogP) is 5.06. The molecule has 5 heteroatoms. The maximum Gasteiger partial charge on any atom is 0.310 e. The number of carbonyl (C=O) groups excluding carboxylic acids is 1. The van der Waals surface area contributed by atoms with Crippen molar-refractivity contribution in [3.05, 3.63) is 50.7 Å². The smallest absolute Gasteiger partial charge is 0.310 e. The van der Waals surface area contributed by atoms with E-state index in [2.05, 4.69) is 15.9 Å². The molecule has 0 amide bonds. The summed E-state index contributed by atoms with van der Waals surface area (Å²) in [6.07, 6.45) is 2.77. The molecule has 0 saturated carbocycles. The summed E-state index contributed by atoms with van der Waals surface area (Å²) in [5, 5.41) is 10.5. The second kappa shape index (κ2) is 7.65. The average molecular weight is 409 g/mol. The Kier molecular flexibility index (Phi) is 5.99. The lowest BCUT2D eigenvalue weighted by Gasteiger charge is -2.31. The first-order valence-electron chi connectivity index (χ1n) is 8.47. The molecule has 0 fully saturated rings. The van der Waals surface area contributed by atoms with E-state index in [9.17, 15) is 9.90 Å². The zero-order valence-electron chi connectivity index (χ0n) is 15.4. The van der Waals surface area contributed by atoms with Crippen LogP contribution in [0, 0.1) is 13.8 Å². The Labute approximate surface area is 157 Å². The third-order valence-electron chi connectivity index (χ3n) is 4.60. The Hall–Kier alpha value is -1.75. The van der Waals surface area contributed by atoms with Gasteiger partial charge in [-0.05, 0) is 78.9 Å². The number of aliphatic hydroxyl groups excluding tert-OH is 1. The first-order chi connectivity index (χ1) is 11.7. The van der Waals surface area contributed by atoms with Crippen molar-refractivity contribution in [2.45, 2.75) is 53.1 Å². The number of allylic oxidation sites excluding steroid dienone is 2. The number of esters is 1. The van der Waals surface area contributed by atoms with E-state index < -0.39 is 5.60 Å². The highest BCUT2D eigenvalue weighted by Gasteiger charge is 2.41. The molecular weight excluding hydrogens is 384 g/mol. The SMILES string of the molecule is CCOC(=O)Cc1cc(C)c(C)cc1OC1(C)C(CC)=CC(Br)=C1O. The van der Waals surface area contributed by atoms with Crippen LogP contribution < -0.4 is 4.74 Å². The quantitative estimate of drug-likeness (QED) is 0.668. The third kappa shape index (κ3) is 3.92. The number of halogens is 1. The molecular formula is C20H25BrO4. The predicted molar refractivity (Wildman–Crippen MR) is 102 cm³/mol. The minimum absolute atomic E-state index is 0.136. The highest BCUT2D eigenvalue weighted by molar-refractivity contribution is 9.11. The van der Waals surface area contributed by atoms with Gasteiger partial charge in [0.15, 0.2) is 11.4 Å². The molecule has 1 aromatic carbocycles. The molecule has 0 aromatic heterocycles. The fraction of sp³-hybridized carbons (Fsp3) is 0.450. The van der Waals surface area contributed by atoms with Crippen LogP contribution in [0.5, 0.6) is 5.75 Å². The number of benzene rings is 1. The Bertz CT molecular complexity index is 748. The minimum atomic E-state index is -0.946. The summed E-state index contributed by atoms with van der Waals surface area (Å²) in [7, 11) is 0. The minimum Gasteiger partial charge on any atom is -0.507 e. The van der Waals surface area contributed by atoms with E-state index in [1.807, 2.05) is 45.9 Å². The molecule has 136 valence electrons. The van der Waals surface area contributed by atoms with Crippen molar-refractivity contribution in [2.24, 2.45) is 0 Å². The van der Waals surface area contributed by atoms with Gasteiger partial charge in [0.05, 0.1) is 17.5 Å². The Morgan fingerprint density at radius 3 is 2.48 bits per heavy atom. The largest absolute Gasteiger partial charge is 0.507 e. The average Bonchev–Trinajstić information content (AvgIpc) is 2.76. The van der Waals surface area contributed by atoms with E-state index in [0.29, 0.717) is 16.8 Å². The number of aliphatic hydroxyl groups is 1. The molecule has 0 radical (unpaired) electrons. The first-order valence-corrected chi connectivity index (χ1v) is 9.27. The van der Waals surface area contributed by atoms with Gasteiger partial charge >= 0.3 is 5.97 Å². The molecule has 1 unspecified atom stereocenters. The lowest BCUT2D eigenvalue weighted by atomic mass is 9.95. The van der Waals surface area contributed by atoms with Crippen LogP contribution in [0.3, 0.4) is 0 Å². The highest BCUT2D eigenvalue weighted by Crippen LogP contribution is 2.42. The number of ether oxygens (including phenoxy) is 2. The number of hydrogen-bond donors (Lipinski definition) is 1. The van der Waals surface area contributed by atoms with Crippen LogP contribution in [-0.4, -0.2) is 23.3 Å². The Morgan fingerprint density at radius 1 is 1.24 bits per heavy atom. The molecule has 4 nitrogen and oxygen atoms in total. The van der Waals surface area contributed by atoms with Crippen molar-refractivity contribution < 1.29 is 19.4 Å². The van der Waals surface area contributed by atoms with Gasteiger partial charge in [-0.25, -0.2) is 0 Å². The summed E-state index contributed by atoms with van der Waals surface area (Å²) in [6.45, 7) is 9.98. The monoisotopic (exact) mass is 408 g/mol. The molecule has 0 spiro atoms. The summed E-state index contributed by atoms with van der Waals surface area (Å²) in [4.78, 5) is 12.0. The van der Waals surface area contributed by atoms with Gasteiger partial charge in [0.25, 0.3) is 0 Å². The van der Waals surface area contributed by atoms with Gasteiger partial charge < -0.3 is 14.6 Å². The van der Waals surface area contributed by atoms with E-state index in [1.54, 1.807) is 6.92 Å². The van der Waals surface area contributed by atoms with Gasteiger partial charge in [0, 0.05) is 5.56 Å². The first kappa shape index (κ1) is 19.6. The number of aryl methyl sites for hydroxylation is 2. The lowest BCUT2D eigenvalue weighted by molar-refractivity contribution is -0.142. The summed E-state index contributed by atoms with van der Waals surface area (Å²) in [5.41, 5.74) is 2.93. The summed E-state index contributed by atoms with van der Waals surface area (Å²) >= 11 is 3.38. The molecule has 1 aliphatic carbocycles. The van der Waals surface area contributed by atoms with Crippen molar-refractivity contribution in [3.8, 4) is 5.75 Å². The molecule has 1 aromatic rings. The Morgan fingerprint density at radius 2 is 1.88 bits per heavy atom. The molecule has 1 aliphatic rings. The highest BCUT2D eigenvalue weighted by atomic mass is 79.9. The fourth-order valence-corrected chi connectivity index (χ4v) is 3.62. The van der Waals surface area contributed by atoms with Gasteiger partial charge in [-0.3, -0.25) is 4.79 Å². The van der Waals surface area contributed by atoms with Crippen LogP contribution in [0.4, 0.5) is 0 Å². The zero-order chi connectivity index (χ0) is 18.8. The van der Waals surface area contributed by atoms with E-state index in [4.69, 9.17) is 9.47 Å². The van der Waals surface area contributed by atoms with E-state index in [0.717, 1.165) is 28.7 Å². The van der Waals surface area contributed by atoms with E-state index in [1.165, 1.54) is 0 Å². The van der Waals surface area contributed by atoms with E-state index >= 15 is 0 Å². The third-order valence-corrected chi connectivity index (χ3v) is 5.21. The number of rotatable bonds is 6. The maximum absolute atomic E-state index is 12.0.